The van der Waals surface area contributed by atoms with Gasteiger partial charge >= 0.3 is 0 Å². The first kappa shape index (κ1) is 17.2. The number of nitrogens with zero attached hydrogens (tertiary/aromatic N) is 4. The van der Waals surface area contributed by atoms with Gasteiger partial charge in [-0.05, 0) is 31.5 Å². The number of aryl methyl sites for hydroxylation is 2. The Balaban J connectivity index is 1.39. The molecule has 4 aromatic heterocycles. The summed E-state index contributed by atoms with van der Waals surface area (Å²) in [6.45, 7) is 4.29. The molecule has 0 spiro atoms. The molecule has 0 aliphatic carbocycles. The fourth-order valence-electron chi connectivity index (χ4n) is 2.73. The van der Waals surface area contributed by atoms with Crippen LogP contribution in [0, 0.1) is 13.8 Å². The Labute approximate surface area is 160 Å². The zero-order chi connectivity index (χ0) is 18.8. The fraction of sp³-hybridized carbons (Fsp3) is 0.158. The number of H-pyrrole nitrogens is 1. The number of amides is 1. The highest BCUT2D eigenvalue weighted by atomic mass is 32.1. The summed E-state index contributed by atoms with van der Waals surface area (Å²) < 4.78 is 1.91. The van der Waals surface area contributed by atoms with Crippen LogP contribution in [0.1, 0.15) is 26.9 Å². The predicted molar refractivity (Wildman–Crippen MR) is 104 cm³/mol. The zero-order valence-corrected chi connectivity index (χ0v) is 15.7. The van der Waals surface area contributed by atoms with Gasteiger partial charge in [0, 0.05) is 42.3 Å². The van der Waals surface area contributed by atoms with Crippen molar-refractivity contribution in [1.29, 1.82) is 0 Å². The van der Waals surface area contributed by atoms with Crippen LogP contribution in [0.25, 0.3) is 17.1 Å². The number of aromatic amines is 1. The molecule has 4 rings (SSSR count). The van der Waals surface area contributed by atoms with Crippen molar-refractivity contribution in [1.82, 2.24) is 29.8 Å². The van der Waals surface area contributed by atoms with E-state index in [0.29, 0.717) is 12.2 Å². The average molecular weight is 378 g/mol. The molecule has 0 radical (unpaired) electrons. The molecule has 0 bridgehead atoms. The molecular weight excluding hydrogens is 360 g/mol. The Kier molecular flexibility index (Phi) is 4.55. The minimum absolute atomic E-state index is 0.164. The van der Waals surface area contributed by atoms with Crippen LogP contribution in [-0.4, -0.2) is 30.4 Å². The monoisotopic (exact) mass is 378 g/mol. The Morgan fingerprint density at radius 2 is 2.19 bits per heavy atom. The molecule has 4 aromatic rings. The molecule has 0 saturated carbocycles. The maximum absolute atomic E-state index is 12.4. The Hall–Kier alpha value is -3.26. The second kappa shape index (κ2) is 7.16. The number of aromatic nitrogens is 5. The summed E-state index contributed by atoms with van der Waals surface area (Å²) >= 11 is 1.59. The van der Waals surface area contributed by atoms with Crippen molar-refractivity contribution in [3.63, 3.8) is 0 Å². The number of rotatable bonds is 5. The predicted octanol–water partition coefficient (Wildman–Crippen LogP) is 3.27. The van der Waals surface area contributed by atoms with E-state index in [1.54, 1.807) is 29.9 Å². The minimum Gasteiger partial charge on any atom is -0.357 e. The van der Waals surface area contributed by atoms with Gasteiger partial charge in [0.05, 0.1) is 10.7 Å². The largest absolute Gasteiger partial charge is 0.357 e. The fourth-order valence-corrected chi connectivity index (χ4v) is 3.35. The van der Waals surface area contributed by atoms with E-state index in [9.17, 15) is 4.79 Å². The standard InChI is InChI=1S/C19H18N6OS/c1-12-20-5-6-25(12)18-4-3-14(8-22-18)9-23-19(26)16-7-15(10-21-16)17-11-27-13(2)24-17/h3-8,10-11,21H,9H2,1-2H3,(H,23,26). The number of carbonyl (C=O) groups excluding carboxylic acids is 1. The third-order valence-corrected chi connectivity index (χ3v) is 4.95. The topological polar surface area (TPSA) is 88.5 Å². The van der Waals surface area contributed by atoms with Gasteiger partial charge in [0.15, 0.2) is 0 Å². The summed E-state index contributed by atoms with van der Waals surface area (Å²) in [7, 11) is 0. The van der Waals surface area contributed by atoms with Crippen molar-refractivity contribution in [3.05, 3.63) is 70.5 Å². The number of carbonyl (C=O) groups is 1. The lowest BCUT2D eigenvalue weighted by Crippen LogP contribution is -2.23. The van der Waals surface area contributed by atoms with Crippen LogP contribution >= 0.6 is 11.3 Å². The molecule has 0 fully saturated rings. The highest BCUT2D eigenvalue weighted by Gasteiger charge is 2.11. The Bertz CT molecular complexity index is 1080. The lowest BCUT2D eigenvalue weighted by Gasteiger charge is -2.06. The highest BCUT2D eigenvalue weighted by Crippen LogP contribution is 2.22. The molecule has 2 N–H and O–H groups in total. The van der Waals surface area contributed by atoms with Gasteiger partial charge in [0.25, 0.3) is 5.91 Å². The average Bonchev–Trinajstić information content (AvgIpc) is 3.41. The first-order valence-electron chi connectivity index (χ1n) is 8.44. The third-order valence-electron chi connectivity index (χ3n) is 4.18. The first-order valence-corrected chi connectivity index (χ1v) is 9.32. The number of thiazole rings is 1. The molecule has 0 saturated heterocycles. The smallest absolute Gasteiger partial charge is 0.267 e. The van der Waals surface area contributed by atoms with E-state index in [-0.39, 0.29) is 5.91 Å². The molecule has 1 amide bonds. The Morgan fingerprint density at radius 3 is 2.85 bits per heavy atom. The van der Waals surface area contributed by atoms with Crippen molar-refractivity contribution in [2.45, 2.75) is 20.4 Å². The quantitative estimate of drug-likeness (QED) is 0.558. The number of pyridine rings is 1. The van der Waals surface area contributed by atoms with Gasteiger partial charge in [-0.25, -0.2) is 15.0 Å². The zero-order valence-electron chi connectivity index (χ0n) is 14.9. The lowest BCUT2D eigenvalue weighted by atomic mass is 10.2. The molecule has 8 heteroatoms. The number of hydrogen-bond donors (Lipinski definition) is 2. The number of hydrogen-bond acceptors (Lipinski definition) is 5. The van der Waals surface area contributed by atoms with Crippen LogP contribution in [0.4, 0.5) is 0 Å². The van der Waals surface area contributed by atoms with Gasteiger partial charge in [-0.1, -0.05) is 6.07 Å². The summed E-state index contributed by atoms with van der Waals surface area (Å²) in [5.74, 6) is 1.51. The second-order valence-electron chi connectivity index (χ2n) is 6.11. The molecule has 0 aromatic carbocycles. The van der Waals surface area contributed by atoms with E-state index in [1.165, 1.54) is 0 Å². The van der Waals surface area contributed by atoms with Crippen LogP contribution in [0.2, 0.25) is 0 Å². The van der Waals surface area contributed by atoms with Gasteiger partial charge in [-0.2, -0.15) is 0 Å². The normalized spacial score (nSPS) is 10.9. The molecule has 0 atom stereocenters. The van der Waals surface area contributed by atoms with Crippen molar-refractivity contribution in [2.75, 3.05) is 0 Å². The summed E-state index contributed by atoms with van der Waals surface area (Å²) in [6, 6.07) is 5.67. The van der Waals surface area contributed by atoms with Gasteiger partial charge in [-0.15, -0.1) is 11.3 Å². The molecule has 4 heterocycles. The maximum Gasteiger partial charge on any atom is 0.267 e. The lowest BCUT2D eigenvalue weighted by molar-refractivity contribution is 0.0946. The van der Waals surface area contributed by atoms with Crippen molar-refractivity contribution in [3.8, 4) is 17.1 Å². The van der Waals surface area contributed by atoms with Crippen LogP contribution in [-0.2, 0) is 6.54 Å². The third kappa shape index (κ3) is 3.65. The highest BCUT2D eigenvalue weighted by molar-refractivity contribution is 7.09. The van der Waals surface area contributed by atoms with E-state index < -0.39 is 0 Å². The van der Waals surface area contributed by atoms with Crippen molar-refractivity contribution >= 4 is 17.2 Å². The molecule has 0 aliphatic rings. The van der Waals surface area contributed by atoms with Crippen molar-refractivity contribution in [2.24, 2.45) is 0 Å². The molecule has 0 unspecified atom stereocenters. The van der Waals surface area contributed by atoms with Gasteiger partial charge < -0.3 is 10.3 Å². The van der Waals surface area contributed by atoms with E-state index in [0.717, 1.165) is 33.5 Å². The van der Waals surface area contributed by atoms with E-state index in [2.05, 4.69) is 25.3 Å². The van der Waals surface area contributed by atoms with E-state index >= 15 is 0 Å². The van der Waals surface area contributed by atoms with Gasteiger partial charge in [-0.3, -0.25) is 9.36 Å². The molecule has 136 valence electrons. The maximum atomic E-state index is 12.4. The minimum atomic E-state index is -0.164. The molecular formula is C19H18N6OS. The van der Waals surface area contributed by atoms with Crippen molar-refractivity contribution < 1.29 is 4.79 Å². The molecule has 27 heavy (non-hydrogen) atoms. The summed E-state index contributed by atoms with van der Waals surface area (Å²) in [6.07, 6.45) is 7.16. The SMILES string of the molecule is Cc1nc(-c2c[nH]c(C(=O)NCc3ccc(-n4ccnc4C)nc3)c2)cs1. The van der Waals surface area contributed by atoms with Crippen LogP contribution in [0.15, 0.2) is 48.4 Å². The number of nitrogens with one attached hydrogen (secondary N) is 2. The Morgan fingerprint density at radius 1 is 1.30 bits per heavy atom. The van der Waals surface area contributed by atoms with E-state index in [4.69, 9.17) is 0 Å². The summed E-state index contributed by atoms with van der Waals surface area (Å²) in [5.41, 5.74) is 3.22. The molecule has 0 aliphatic heterocycles. The summed E-state index contributed by atoms with van der Waals surface area (Å²) in [4.78, 5) is 28.4. The van der Waals surface area contributed by atoms with Crippen LogP contribution in [0.3, 0.4) is 0 Å². The summed E-state index contributed by atoms with van der Waals surface area (Å²) in [5, 5.41) is 5.88. The van der Waals surface area contributed by atoms with Crippen LogP contribution in [0.5, 0.6) is 0 Å². The van der Waals surface area contributed by atoms with Crippen LogP contribution < -0.4 is 5.32 Å². The molecule has 7 nitrogen and oxygen atoms in total. The van der Waals surface area contributed by atoms with Gasteiger partial charge in [0.2, 0.25) is 0 Å². The van der Waals surface area contributed by atoms with E-state index in [1.807, 2.05) is 48.2 Å². The van der Waals surface area contributed by atoms with Gasteiger partial charge in [0.1, 0.15) is 17.3 Å². The number of imidazole rings is 1. The first-order chi connectivity index (χ1) is 13.1. The second-order valence-corrected chi connectivity index (χ2v) is 7.17.